The van der Waals surface area contributed by atoms with Crippen LogP contribution in [-0.4, -0.2) is 38.8 Å². The molecule has 8 heteroatoms. The summed E-state index contributed by atoms with van der Waals surface area (Å²) >= 11 is 0. The van der Waals surface area contributed by atoms with Crippen LogP contribution in [0.4, 0.5) is 13.2 Å². The minimum atomic E-state index is -4.38. The molecule has 1 aromatic heterocycles. The van der Waals surface area contributed by atoms with Gasteiger partial charge in [0.1, 0.15) is 0 Å². The highest BCUT2D eigenvalue weighted by molar-refractivity contribution is 5.29. The van der Waals surface area contributed by atoms with E-state index in [1.807, 2.05) is 4.90 Å². The van der Waals surface area contributed by atoms with Crippen LogP contribution in [0.15, 0.2) is 28.8 Å². The number of halogens is 3. The lowest BCUT2D eigenvalue weighted by atomic mass is 9.89. The molecule has 2 heterocycles. The summed E-state index contributed by atoms with van der Waals surface area (Å²) in [5.41, 5.74) is -1.49. The maximum atomic E-state index is 13.1. The van der Waals surface area contributed by atoms with Crippen LogP contribution in [0.25, 0.3) is 0 Å². The first-order valence-electron chi connectivity index (χ1n) is 8.14. The van der Waals surface area contributed by atoms with E-state index in [1.54, 1.807) is 13.0 Å². The van der Waals surface area contributed by atoms with Gasteiger partial charge in [0.2, 0.25) is 5.89 Å². The molecule has 1 saturated heterocycles. The third kappa shape index (κ3) is 4.38. The maximum absolute atomic E-state index is 13.1. The second-order valence-corrected chi connectivity index (χ2v) is 6.61. The van der Waals surface area contributed by atoms with E-state index in [1.165, 1.54) is 12.1 Å². The summed E-state index contributed by atoms with van der Waals surface area (Å²) in [6, 6.07) is 5.56. The second-order valence-electron chi connectivity index (χ2n) is 6.61. The minimum Gasteiger partial charge on any atom is -0.388 e. The number of alkyl halides is 3. The monoisotopic (exact) mass is 355 g/mol. The van der Waals surface area contributed by atoms with Crippen molar-refractivity contribution in [1.82, 2.24) is 15.0 Å². The van der Waals surface area contributed by atoms with Crippen LogP contribution in [0.3, 0.4) is 0 Å². The number of aliphatic hydroxyl groups is 1. The average Bonchev–Trinajstić information content (AvgIpc) is 2.91. The van der Waals surface area contributed by atoms with E-state index >= 15 is 0 Å². The Morgan fingerprint density at radius 3 is 2.76 bits per heavy atom. The van der Waals surface area contributed by atoms with Crippen molar-refractivity contribution in [3.63, 3.8) is 0 Å². The van der Waals surface area contributed by atoms with Gasteiger partial charge in [0.05, 0.1) is 17.6 Å². The molecule has 0 bridgehead atoms. The molecule has 0 spiro atoms. The van der Waals surface area contributed by atoms with Crippen LogP contribution in [0.5, 0.6) is 0 Å². The number of piperidine rings is 1. The summed E-state index contributed by atoms with van der Waals surface area (Å²) in [6.45, 7) is 2.73. The lowest BCUT2D eigenvalue weighted by molar-refractivity contribution is -0.138. The number of nitrogens with zero attached hydrogens (tertiary/aromatic N) is 3. The minimum absolute atomic E-state index is 0.140. The smallest absolute Gasteiger partial charge is 0.388 e. The molecule has 1 N–H and O–H groups in total. The van der Waals surface area contributed by atoms with Crippen molar-refractivity contribution < 1.29 is 22.8 Å². The van der Waals surface area contributed by atoms with Crippen molar-refractivity contribution in [3.8, 4) is 0 Å². The fourth-order valence-corrected chi connectivity index (χ4v) is 3.35. The van der Waals surface area contributed by atoms with Crippen molar-refractivity contribution in [2.75, 3.05) is 13.1 Å². The Morgan fingerprint density at radius 2 is 2.08 bits per heavy atom. The van der Waals surface area contributed by atoms with Crippen molar-refractivity contribution >= 4 is 0 Å². The zero-order valence-electron chi connectivity index (χ0n) is 13.9. The van der Waals surface area contributed by atoms with E-state index in [0.29, 0.717) is 31.1 Å². The summed E-state index contributed by atoms with van der Waals surface area (Å²) in [7, 11) is 0. The molecule has 1 aliphatic rings. The maximum Gasteiger partial charge on any atom is 0.416 e. The third-order valence-electron chi connectivity index (χ3n) is 4.40. The normalized spacial score (nSPS) is 22.3. The predicted octanol–water partition coefficient (Wildman–Crippen LogP) is 2.97. The molecule has 1 unspecified atom stereocenters. The standard InChI is InChI=1S/C17H20F3N3O2/c1-12-21-15(25-22-12)9-16(24)7-4-8-23(11-16)10-13-5-2-3-6-14(13)17(18,19)20/h2-3,5-6,24H,4,7-11H2,1H3. The Labute approximate surface area is 143 Å². The molecule has 1 aliphatic heterocycles. The Kier molecular flexibility index (Phi) is 4.83. The zero-order valence-corrected chi connectivity index (χ0v) is 13.9. The molecule has 1 aromatic carbocycles. The molecule has 3 rings (SSSR count). The number of β-amino-alcohol motifs (C(OH)–C–C–N with tert-alkyl or cyclic N) is 1. The Bertz CT molecular complexity index is 732. The van der Waals surface area contributed by atoms with Crippen LogP contribution in [-0.2, 0) is 19.1 Å². The second kappa shape index (κ2) is 6.76. The SMILES string of the molecule is Cc1noc(CC2(O)CCCN(Cc3ccccc3C(F)(F)F)C2)n1. The van der Waals surface area contributed by atoms with E-state index in [9.17, 15) is 18.3 Å². The fraction of sp³-hybridized carbons (Fsp3) is 0.529. The molecular formula is C17H20F3N3O2. The lowest BCUT2D eigenvalue weighted by Crippen LogP contribution is -2.49. The first kappa shape index (κ1) is 17.9. The molecule has 0 saturated carbocycles. The van der Waals surface area contributed by atoms with E-state index < -0.39 is 17.3 Å². The number of likely N-dealkylation sites (tertiary alicyclic amines) is 1. The van der Waals surface area contributed by atoms with Gasteiger partial charge in [0, 0.05) is 13.1 Å². The number of rotatable bonds is 4. The van der Waals surface area contributed by atoms with E-state index in [-0.39, 0.29) is 25.1 Å². The molecular weight excluding hydrogens is 335 g/mol. The van der Waals surface area contributed by atoms with Gasteiger partial charge < -0.3 is 9.63 Å². The molecule has 2 aromatic rings. The summed E-state index contributed by atoms with van der Waals surface area (Å²) in [5, 5.41) is 14.5. The molecule has 136 valence electrons. The zero-order chi connectivity index (χ0) is 18.1. The van der Waals surface area contributed by atoms with Gasteiger partial charge in [-0.2, -0.15) is 18.2 Å². The fourth-order valence-electron chi connectivity index (χ4n) is 3.35. The van der Waals surface area contributed by atoms with Crippen LogP contribution >= 0.6 is 0 Å². The Hall–Kier alpha value is -1.93. The first-order chi connectivity index (χ1) is 11.8. The number of aromatic nitrogens is 2. The number of benzene rings is 1. The summed E-state index contributed by atoms with van der Waals surface area (Å²) in [6.07, 6.45) is -2.95. The Balaban J connectivity index is 1.72. The topological polar surface area (TPSA) is 62.4 Å². The summed E-state index contributed by atoms with van der Waals surface area (Å²) in [5.74, 6) is 0.836. The van der Waals surface area contributed by atoms with Crippen LogP contribution in [0.1, 0.15) is 35.7 Å². The predicted molar refractivity (Wildman–Crippen MR) is 83.6 cm³/mol. The molecule has 0 amide bonds. The van der Waals surface area contributed by atoms with Crippen molar-refractivity contribution in [2.24, 2.45) is 0 Å². The van der Waals surface area contributed by atoms with Gasteiger partial charge in [-0.3, -0.25) is 4.90 Å². The number of hydrogen-bond donors (Lipinski definition) is 1. The molecule has 1 atom stereocenters. The molecule has 0 radical (unpaired) electrons. The highest BCUT2D eigenvalue weighted by Crippen LogP contribution is 2.33. The first-order valence-corrected chi connectivity index (χ1v) is 8.14. The lowest BCUT2D eigenvalue weighted by Gasteiger charge is -2.38. The van der Waals surface area contributed by atoms with Crippen LogP contribution in [0.2, 0.25) is 0 Å². The van der Waals surface area contributed by atoms with Crippen LogP contribution < -0.4 is 0 Å². The average molecular weight is 355 g/mol. The summed E-state index contributed by atoms with van der Waals surface area (Å²) < 4.78 is 44.5. The van der Waals surface area contributed by atoms with Crippen molar-refractivity contribution in [2.45, 2.75) is 44.5 Å². The van der Waals surface area contributed by atoms with Gasteiger partial charge in [-0.05, 0) is 37.9 Å². The molecule has 5 nitrogen and oxygen atoms in total. The van der Waals surface area contributed by atoms with E-state index in [0.717, 1.165) is 6.07 Å². The largest absolute Gasteiger partial charge is 0.416 e. The summed E-state index contributed by atoms with van der Waals surface area (Å²) in [4.78, 5) is 5.94. The highest BCUT2D eigenvalue weighted by Gasteiger charge is 2.37. The highest BCUT2D eigenvalue weighted by atomic mass is 19.4. The molecule has 25 heavy (non-hydrogen) atoms. The third-order valence-corrected chi connectivity index (χ3v) is 4.40. The van der Waals surface area contributed by atoms with Gasteiger partial charge in [-0.1, -0.05) is 23.4 Å². The number of aryl methyl sites for hydroxylation is 1. The van der Waals surface area contributed by atoms with Gasteiger partial charge in [0.25, 0.3) is 0 Å². The molecule has 1 fully saturated rings. The molecule has 0 aliphatic carbocycles. The Morgan fingerprint density at radius 1 is 1.32 bits per heavy atom. The van der Waals surface area contributed by atoms with Gasteiger partial charge in [-0.25, -0.2) is 0 Å². The van der Waals surface area contributed by atoms with Crippen LogP contribution in [0, 0.1) is 6.92 Å². The quantitative estimate of drug-likeness (QED) is 0.914. The number of hydrogen-bond acceptors (Lipinski definition) is 5. The van der Waals surface area contributed by atoms with E-state index in [2.05, 4.69) is 10.1 Å². The van der Waals surface area contributed by atoms with Crippen molar-refractivity contribution in [3.05, 3.63) is 47.1 Å². The van der Waals surface area contributed by atoms with Gasteiger partial charge in [0.15, 0.2) is 5.82 Å². The van der Waals surface area contributed by atoms with Gasteiger partial charge in [-0.15, -0.1) is 0 Å². The van der Waals surface area contributed by atoms with E-state index in [4.69, 9.17) is 4.52 Å². The van der Waals surface area contributed by atoms with Crippen molar-refractivity contribution in [1.29, 1.82) is 0 Å². The van der Waals surface area contributed by atoms with Gasteiger partial charge >= 0.3 is 6.18 Å².